The molecule has 1 aliphatic carbocycles. The van der Waals surface area contributed by atoms with Crippen molar-refractivity contribution in [3.8, 4) is 0 Å². The third-order valence-corrected chi connectivity index (χ3v) is 4.52. The highest BCUT2D eigenvalue weighted by Crippen LogP contribution is 2.28. The number of aliphatic hydroxyl groups is 1. The number of aliphatic hydroxyl groups excluding tert-OH is 1. The van der Waals surface area contributed by atoms with Gasteiger partial charge in [-0.3, -0.25) is 4.90 Å². The van der Waals surface area contributed by atoms with Gasteiger partial charge in [-0.15, -0.1) is 0 Å². The van der Waals surface area contributed by atoms with Gasteiger partial charge in [0.15, 0.2) is 0 Å². The van der Waals surface area contributed by atoms with E-state index >= 15 is 0 Å². The monoisotopic (exact) mass is 254 g/mol. The maximum Gasteiger partial charge on any atom is 0.0446 e. The van der Waals surface area contributed by atoms with Gasteiger partial charge in [0, 0.05) is 38.3 Å². The summed E-state index contributed by atoms with van der Waals surface area (Å²) in [5.41, 5.74) is 0.349. The van der Waals surface area contributed by atoms with E-state index in [-0.39, 0.29) is 0 Å². The van der Waals surface area contributed by atoms with Gasteiger partial charge in [-0.25, -0.2) is 0 Å². The highest BCUT2D eigenvalue weighted by molar-refractivity contribution is 4.89. The van der Waals surface area contributed by atoms with Crippen molar-refractivity contribution in [2.75, 3.05) is 26.2 Å². The maximum atomic E-state index is 9.18. The molecule has 2 N–H and O–H groups in total. The summed E-state index contributed by atoms with van der Waals surface area (Å²) in [7, 11) is 0. The summed E-state index contributed by atoms with van der Waals surface area (Å²) in [5, 5.41) is 12.8. The zero-order valence-corrected chi connectivity index (χ0v) is 12.1. The first-order valence-corrected chi connectivity index (χ1v) is 7.69. The van der Waals surface area contributed by atoms with Crippen molar-refractivity contribution in [3.63, 3.8) is 0 Å². The highest BCUT2D eigenvalue weighted by Gasteiger charge is 2.32. The first-order chi connectivity index (χ1) is 8.61. The molecule has 1 aliphatic heterocycles. The fraction of sp³-hybridized carbons (Fsp3) is 1.00. The summed E-state index contributed by atoms with van der Waals surface area (Å²) in [5.74, 6) is 0. The Morgan fingerprint density at radius 3 is 2.61 bits per heavy atom. The van der Waals surface area contributed by atoms with Gasteiger partial charge < -0.3 is 10.4 Å². The molecule has 18 heavy (non-hydrogen) atoms. The first-order valence-electron chi connectivity index (χ1n) is 7.69. The Morgan fingerprint density at radius 1 is 1.22 bits per heavy atom. The molecular weight excluding hydrogens is 224 g/mol. The molecule has 1 saturated heterocycles. The van der Waals surface area contributed by atoms with Crippen LogP contribution in [0.15, 0.2) is 0 Å². The molecule has 0 bridgehead atoms. The lowest BCUT2D eigenvalue weighted by atomic mass is 9.89. The number of nitrogens with zero attached hydrogens (tertiary/aromatic N) is 1. The van der Waals surface area contributed by atoms with Gasteiger partial charge >= 0.3 is 0 Å². The molecule has 0 aromatic carbocycles. The summed E-state index contributed by atoms with van der Waals surface area (Å²) in [4.78, 5) is 2.71. The zero-order chi connectivity index (χ0) is 13.0. The van der Waals surface area contributed by atoms with E-state index in [1.165, 1.54) is 38.6 Å². The van der Waals surface area contributed by atoms with Crippen LogP contribution in [0, 0.1) is 5.41 Å². The van der Waals surface area contributed by atoms with E-state index in [2.05, 4.69) is 24.1 Å². The van der Waals surface area contributed by atoms with Crippen LogP contribution >= 0.6 is 0 Å². The predicted octanol–water partition coefficient (Wildman–Crippen LogP) is 2.00. The molecule has 3 heteroatoms. The predicted molar refractivity (Wildman–Crippen MR) is 75.7 cm³/mol. The Labute approximate surface area is 112 Å². The highest BCUT2D eigenvalue weighted by atomic mass is 16.3. The molecule has 1 unspecified atom stereocenters. The molecular formula is C15H30N2O. The van der Waals surface area contributed by atoms with E-state index in [1.54, 1.807) is 0 Å². The second kappa shape index (κ2) is 6.36. The van der Waals surface area contributed by atoms with Crippen LogP contribution in [-0.4, -0.2) is 48.3 Å². The van der Waals surface area contributed by atoms with Gasteiger partial charge in [0.2, 0.25) is 0 Å². The van der Waals surface area contributed by atoms with Crippen LogP contribution in [0.4, 0.5) is 0 Å². The Kier molecular flexibility index (Phi) is 5.05. The van der Waals surface area contributed by atoms with Crippen molar-refractivity contribution < 1.29 is 5.11 Å². The minimum atomic E-state index is 0.302. The van der Waals surface area contributed by atoms with Crippen molar-refractivity contribution in [2.45, 2.75) is 64.5 Å². The SMILES string of the molecule is CC1(C)CNC(CCO)CN(C2CCCCC2)C1. The van der Waals surface area contributed by atoms with Gasteiger partial charge in [-0.1, -0.05) is 33.1 Å². The molecule has 0 amide bonds. The molecule has 106 valence electrons. The largest absolute Gasteiger partial charge is 0.396 e. The average molecular weight is 254 g/mol. The second-order valence-corrected chi connectivity index (χ2v) is 6.98. The van der Waals surface area contributed by atoms with Gasteiger partial charge in [0.1, 0.15) is 0 Å². The second-order valence-electron chi connectivity index (χ2n) is 6.98. The molecule has 2 aliphatic rings. The fourth-order valence-electron chi connectivity index (χ4n) is 3.51. The number of hydrogen-bond acceptors (Lipinski definition) is 3. The van der Waals surface area contributed by atoms with Crippen LogP contribution in [0.2, 0.25) is 0 Å². The standard InChI is InChI=1S/C15H30N2O/c1-15(2)11-16-13(8-9-18)10-17(12-15)14-6-4-3-5-7-14/h13-14,16,18H,3-12H2,1-2H3. The van der Waals surface area contributed by atoms with E-state index in [0.717, 1.165) is 25.6 Å². The van der Waals surface area contributed by atoms with Crippen molar-refractivity contribution in [1.29, 1.82) is 0 Å². The van der Waals surface area contributed by atoms with Crippen LogP contribution < -0.4 is 5.32 Å². The molecule has 1 saturated carbocycles. The van der Waals surface area contributed by atoms with Crippen molar-refractivity contribution >= 4 is 0 Å². The number of nitrogens with one attached hydrogen (secondary N) is 1. The molecule has 0 radical (unpaired) electrons. The quantitative estimate of drug-likeness (QED) is 0.808. The van der Waals surface area contributed by atoms with Crippen LogP contribution in [0.5, 0.6) is 0 Å². The van der Waals surface area contributed by atoms with E-state index in [1.807, 2.05) is 0 Å². The molecule has 1 atom stereocenters. The normalized spacial score (nSPS) is 31.2. The summed E-state index contributed by atoms with van der Waals surface area (Å²) in [6.45, 7) is 8.41. The van der Waals surface area contributed by atoms with E-state index in [0.29, 0.717) is 18.1 Å². The Hall–Kier alpha value is -0.120. The molecule has 0 spiro atoms. The molecule has 3 nitrogen and oxygen atoms in total. The van der Waals surface area contributed by atoms with Gasteiger partial charge in [0.05, 0.1) is 0 Å². The summed E-state index contributed by atoms with van der Waals surface area (Å²) >= 11 is 0. The van der Waals surface area contributed by atoms with Crippen LogP contribution in [-0.2, 0) is 0 Å². The smallest absolute Gasteiger partial charge is 0.0446 e. The molecule has 0 aromatic rings. The Bertz CT molecular complexity index is 249. The first kappa shape index (κ1) is 14.3. The van der Waals surface area contributed by atoms with Crippen LogP contribution in [0.25, 0.3) is 0 Å². The van der Waals surface area contributed by atoms with Crippen LogP contribution in [0.1, 0.15) is 52.4 Å². The van der Waals surface area contributed by atoms with Gasteiger partial charge in [-0.2, -0.15) is 0 Å². The third-order valence-electron chi connectivity index (χ3n) is 4.52. The van der Waals surface area contributed by atoms with E-state index in [4.69, 9.17) is 0 Å². The number of hydrogen-bond donors (Lipinski definition) is 2. The summed E-state index contributed by atoms with van der Waals surface area (Å²) in [6, 6.07) is 1.26. The Morgan fingerprint density at radius 2 is 1.94 bits per heavy atom. The van der Waals surface area contributed by atoms with Gasteiger partial charge in [-0.05, 0) is 24.7 Å². The van der Waals surface area contributed by atoms with E-state index < -0.39 is 0 Å². The fourth-order valence-corrected chi connectivity index (χ4v) is 3.51. The average Bonchev–Trinajstić information content (AvgIpc) is 2.50. The lowest BCUT2D eigenvalue weighted by Gasteiger charge is -2.37. The third kappa shape index (κ3) is 3.94. The maximum absolute atomic E-state index is 9.18. The summed E-state index contributed by atoms with van der Waals surface area (Å²) in [6.07, 6.45) is 7.87. The Balaban J connectivity index is 2.00. The molecule has 0 aromatic heterocycles. The lowest BCUT2D eigenvalue weighted by Crippen LogP contribution is -2.44. The zero-order valence-electron chi connectivity index (χ0n) is 12.1. The number of rotatable bonds is 3. The molecule has 2 rings (SSSR count). The van der Waals surface area contributed by atoms with Crippen LogP contribution in [0.3, 0.4) is 0 Å². The minimum Gasteiger partial charge on any atom is -0.396 e. The van der Waals surface area contributed by atoms with Crippen molar-refractivity contribution in [2.24, 2.45) is 5.41 Å². The summed E-state index contributed by atoms with van der Waals surface area (Å²) < 4.78 is 0. The topological polar surface area (TPSA) is 35.5 Å². The lowest BCUT2D eigenvalue weighted by molar-refractivity contribution is 0.114. The minimum absolute atomic E-state index is 0.302. The van der Waals surface area contributed by atoms with Gasteiger partial charge in [0.25, 0.3) is 0 Å². The van der Waals surface area contributed by atoms with Crippen molar-refractivity contribution in [3.05, 3.63) is 0 Å². The van der Waals surface area contributed by atoms with Crippen molar-refractivity contribution in [1.82, 2.24) is 10.2 Å². The van der Waals surface area contributed by atoms with E-state index in [9.17, 15) is 5.11 Å². The molecule has 1 heterocycles. The molecule has 2 fully saturated rings.